The van der Waals surface area contributed by atoms with Crippen molar-refractivity contribution in [3.05, 3.63) is 71.5 Å². The average molecular weight is 346 g/mol. The van der Waals surface area contributed by atoms with Crippen molar-refractivity contribution in [1.29, 1.82) is 0 Å². The molecule has 0 saturated carbocycles. The van der Waals surface area contributed by atoms with Crippen molar-refractivity contribution in [2.24, 2.45) is 0 Å². The van der Waals surface area contributed by atoms with E-state index in [9.17, 15) is 0 Å². The van der Waals surface area contributed by atoms with Gasteiger partial charge in [0, 0.05) is 30.4 Å². The summed E-state index contributed by atoms with van der Waals surface area (Å²) in [6.45, 7) is 3.53. The van der Waals surface area contributed by atoms with Crippen molar-refractivity contribution in [3.63, 3.8) is 0 Å². The molecule has 2 heterocycles. The highest BCUT2D eigenvalue weighted by Crippen LogP contribution is 2.34. The Balaban J connectivity index is 1.57. The minimum Gasteiger partial charge on any atom is -0.496 e. The fraction of sp³-hybridized carbons (Fsp3) is 0.238. The molecule has 5 nitrogen and oxygen atoms in total. The molecule has 1 N–H and O–H groups in total. The molecule has 0 unspecified atom stereocenters. The van der Waals surface area contributed by atoms with Crippen molar-refractivity contribution < 1.29 is 4.74 Å². The van der Waals surface area contributed by atoms with Gasteiger partial charge in [-0.25, -0.2) is 9.97 Å². The normalized spacial score (nSPS) is 12.8. The van der Waals surface area contributed by atoms with E-state index in [0.717, 1.165) is 41.7 Å². The van der Waals surface area contributed by atoms with Gasteiger partial charge in [0.15, 0.2) is 0 Å². The van der Waals surface area contributed by atoms with Gasteiger partial charge in [-0.05, 0) is 31.0 Å². The monoisotopic (exact) mass is 346 g/mol. The van der Waals surface area contributed by atoms with Gasteiger partial charge >= 0.3 is 0 Å². The first kappa shape index (κ1) is 16.4. The average Bonchev–Trinajstić information content (AvgIpc) is 3.10. The molecule has 1 aliphatic heterocycles. The van der Waals surface area contributed by atoms with E-state index >= 15 is 0 Å². The Morgan fingerprint density at radius 3 is 2.77 bits per heavy atom. The maximum absolute atomic E-state index is 5.42. The quantitative estimate of drug-likeness (QED) is 0.754. The molecule has 0 amide bonds. The molecule has 0 bridgehead atoms. The Labute approximate surface area is 153 Å². The molecule has 0 spiro atoms. The van der Waals surface area contributed by atoms with Crippen LogP contribution in [0.2, 0.25) is 0 Å². The SMILES string of the molecule is COc1ccccc1CNc1cc(N2CCc3ccccc32)nc(C)n1. The molecule has 2 aromatic carbocycles. The summed E-state index contributed by atoms with van der Waals surface area (Å²) < 4.78 is 5.42. The van der Waals surface area contributed by atoms with Gasteiger partial charge in [0.25, 0.3) is 0 Å². The first-order valence-corrected chi connectivity index (χ1v) is 8.81. The van der Waals surface area contributed by atoms with Crippen LogP contribution in [0.4, 0.5) is 17.3 Å². The Morgan fingerprint density at radius 2 is 1.88 bits per heavy atom. The number of nitrogens with zero attached hydrogens (tertiary/aromatic N) is 3. The molecule has 1 aromatic heterocycles. The van der Waals surface area contributed by atoms with Gasteiger partial charge in [0.05, 0.1) is 7.11 Å². The highest BCUT2D eigenvalue weighted by atomic mass is 16.5. The largest absolute Gasteiger partial charge is 0.496 e. The lowest BCUT2D eigenvalue weighted by Crippen LogP contribution is -2.16. The van der Waals surface area contributed by atoms with Crippen LogP contribution in [0.1, 0.15) is 17.0 Å². The highest BCUT2D eigenvalue weighted by molar-refractivity contribution is 5.69. The Bertz CT molecular complexity index is 925. The number of aryl methyl sites for hydroxylation is 1. The number of hydrogen-bond donors (Lipinski definition) is 1. The Morgan fingerprint density at radius 1 is 1.08 bits per heavy atom. The predicted octanol–water partition coefficient (Wildman–Crippen LogP) is 4.10. The lowest BCUT2D eigenvalue weighted by Gasteiger charge is -2.19. The molecular formula is C21H22N4O. The lowest BCUT2D eigenvalue weighted by atomic mass is 10.2. The van der Waals surface area contributed by atoms with Crippen LogP contribution in [-0.2, 0) is 13.0 Å². The fourth-order valence-electron chi connectivity index (χ4n) is 3.39. The first-order chi connectivity index (χ1) is 12.7. The van der Waals surface area contributed by atoms with Crippen LogP contribution < -0.4 is 15.0 Å². The van der Waals surface area contributed by atoms with Crippen molar-refractivity contribution in [2.75, 3.05) is 23.9 Å². The molecule has 5 heteroatoms. The van der Waals surface area contributed by atoms with Gasteiger partial charge in [-0.3, -0.25) is 0 Å². The van der Waals surface area contributed by atoms with Crippen LogP contribution in [0.25, 0.3) is 0 Å². The minimum absolute atomic E-state index is 0.649. The zero-order chi connectivity index (χ0) is 17.9. The number of hydrogen-bond acceptors (Lipinski definition) is 5. The van der Waals surface area contributed by atoms with E-state index < -0.39 is 0 Å². The number of rotatable bonds is 5. The molecule has 0 fully saturated rings. The lowest BCUT2D eigenvalue weighted by molar-refractivity contribution is 0.410. The van der Waals surface area contributed by atoms with E-state index in [1.807, 2.05) is 31.2 Å². The Hall–Kier alpha value is -3.08. The van der Waals surface area contributed by atoms with Crippen LogP contribution >= 0.6 is 0 Å². The fourth-order valence-corrected chi connectivity index (χ4v) is 3.39. The molecule has 3 aromatic rings. The summed E-state index contributed by atoms with van der Waals surface area (Å²) in [6, 6.07) is 18.5. The van der Waals surface area contributed by atoms with Crippen molar-refractivity contribution in [3.8, 4) is 5.75 Å². The van der Waals surface area contributed by atoms with Crippen molar-refractivity contribution in [1.82, 2.24) is 9.97 Å². The van der Waals surface area contributed by atoms with Gasteiger partial charge in [0.2, 0.25) is 0 Å². The zero-order valence-corrected chi connectivity index (χ0v) is 15.1. The number of fused-ring (bicyclic) bond motifs is 1. The summed E-state index contributed by atoms with van der Waals surface area (Å²) in [5.41, 5.74) is 3.70. The summed E-state index contributed by atoms with van der Waals surface area (Å²) in [6.07, 6.45) is 1.04. The third kappa shape index (κ3) is 3.20. The zero-order valence-electron chi connectivity index (χ0n) is 15.1. The smallest absolute Gasteiger partial charge is 0.138 e. The molecule has 4 rings (SSSR count). The molecular weight excluding hydrogens is 324 g/mol. The van der Waals surface area contributed by atoms with Crippen molar-refractivity contribution >= 4 is 17.3 Å². The third-order valence-corrected chi connectivity index (χ3v) is 4.64. The molecule has 0 aliphatic carbocycles. The van der Waals surface area contributed by atoms with Crippen LogP contribution in [0, 0.1) is 6.92 Å². The second-order valence-electron chi connectivity index (χ2n) is 6.35. The number of benzene rings is 2. The van der Waals surface area contributed by atoms with E-state index in [0.29, 0.717) is 6.54 Å². The van der Waals surface area contributed by atoms with Gasteiger partial charge in [0.1, 0.15) is 23.2 Å². The van der Waals surface area contributed by atoms with Crippen LogP contribution in [0.5, 0.6) is 5.75 Å². The Kier molecular flexibility index (Phi) is 4.44. The summed E-state index contributed by atoms with van der Waals surface area (Å²) >= 11 is 0. The van der Waals surface area contributed by atoms with Gasteiger partial charge in [-0.2, -0.15) is 0 Å². The second-order valence-corrected chi connectivity index (χ2v) is 6.35. The molecule has 0 atom stereocenters. The van der Waals surface area contributed by atoms with Gasteiger partial charge in [-0.1, -0.05) is 36.4 Å². The van der Waals surface area contributed by atoms with E-state index in [1.165, 1.54) is 11.3 Å². The number of aromatic nitrogens is 2. The highest BCUT2D eigenvalue weighted by Gasteiger charge is 2.21. The third-order valence-electron chi connectivity index (χ3n) is 4.64. The van der Waals surface area contributed by atoms with E-state index in [2.05, 4.69) is 50.5 Å². The number of para-hydroxylation sites is 2. The number of anilines is 3. The van der Waals surface area contributed by atoms with E-state index in [-0.39, 0.29) is 0 Å². The maximum Gasteiger partial charge on any atom is 0.138 e. The minimum atomic E-state index is 0.649. The predicted molar refractivity (Wildman–Crippen MR) is 104 cm³/mol. The van der Waals surface area contributed by atoms with E-state index in [1.54, 1.807) is 7.11 Å². The summed E-state index contributed by atoms with van der Waals surface area (Å²) in [7, 11) is 1.69. The standard InChI is InChI=1S/C21H22N4O/c1-15-23-20(22-14-17-8-4-6-10-19(17)26-2)13-21(24-15)25-12-11-16-7-3-5-9-18(16)25/h3-10,13H,11-12,14H2,1-2H3,(H,22,23,24). The topological polar surface area (TPSA) is 50.3 Å². The number of ether oxygens (including phenoxy) is 1. The van der Waals surface area contributed by atoms with Crippen molar-refractivity contribution in [2.45, 2.75) is 19.9 Å². The molecule has 132 valence electrons. The summed E-state index contributed by atoms with van der Waals surface area (Å²) in [5, 5.41) is 3.41. The van der Waals surface area contributed by atoms with Crippen LogP contribution in [-0.4, -0.2) is 23.6 Å². The summed E-state index contributed by atoms with van der Waals surface area (Å²) in [4.78, 5) is 11.5. The van der Waals surface area contributed by atoms with Gasteiger partial charge < -0.3 is 15.0 Å². The first-order valence-electron chi connectivity index (χ1n) is 8.81. The molecule has 0 radical (unpaired) electrons. The summed E-state index contributed by atoms with van der Waals surface area (Å²) in [5.74, 6) is 3.39. The molecule has 1 aliphatic rings. The second kappa shape index (κ2) is 7.04. The van der Waals surface area contributed by atoms with Gasteiger partial charge in [-0.15, -0.1) is 0 Å². The molecule has 26 heavy (non-hydrogen) atoms. The van der Waals surface area contributed by atoms with Crippen LogP contribution in [0.3, 0.4) is 0 Å². The maximum atomic E-state index is 5.42. The van der Waals surface area contributed by atoms with E-state index in [4.69, 9.17) is 4.74 Å². The molecule has 0 saturated heterocycles. The number of methoxy groups -OCH3 is 1. The number of nitrogens with one attached hydrogen (secondary N) is 1. The van der Waals surface area contributed by atoms with Crippen LogP contribution in [0.15, 0.2) is 54.6 Å².